The number of carbonyl (C=O) groups is 3. The third-order valence-electron chi connectivity index (χ3n) is 7.31. The molecule has 1 heterocycles. The number of benzene rings is 5. The number of amides is 2. The number of thioether (sulfide) groups is 1. The van der Waals surface area contributed by atoms with Gasteiger partial charge in [0.15, 0.2) is 0 Å². The van der Waals surface area contributed by atoms with Crippen molar-refractivity contribution in [3.8, 4) is 0 Å². The van der Waals surface area contributed by atoms with Crippen LogP contribution in [-0.2, 0) is 4.79 Å². The fourth-order valence-electron chi connectivity index (χ4n) is 5.10. The number of aromatic nitrogens is 1. The predicted octanol–water partition coefficient (Wildman–Crippen LogP) is 8.68. The number of rotatable bonds is 8. The Morgan fingerprint density at radius 3 is 1.96 bits per heavy atom. The highest BCUT2D eigenvalue weighted by Crippen LogP contribution is 2.32. The van der Waals surface area contributed by atoms with Crippen molar-refractivity contribution in [3.05, 3.63) is 149 Å². The maximum Gasteiger partial charge on any atom is 0.272 e. The van der Waals surface area contributed by atoms with Gasteiger partial charge in [-0.25, -0.2) is 0 Å². The van der Waals surface area contributed by atoms with Crippen LogP contribution in [0.1, 0.15) is 27.6 Å². The van der Waals surface area contributed by atoms with Crippen molar-refractivity contribution >= 4 is 74.7 Å². The summed E-state index contributed by atoms with van der Waals surface area (Å²) in [5.74, 6) is -0.939. The lowest BCUT2D eigenvalue weighted by molar-refractivity contribution is -0.113. The summed E-state index contributed by atoms with van der Waals surface area (Å²) in [6, 6.07) is 38.8. The second-order valence-corrected chi connectivity index (χ2v) is 12.2. The van der Waals surface area contributed by atoms with Crippen molar-refractivity contribution in [2.75, 3.05) is 5.32 Å². The molecule has 0 spiro atoms. The van der Waals surface area contributed by atoms with E-state index in [9.17, 15) is 14.4 Å². The Morgan fingerprint density at radius 2 is 1.31 bits per heavy atom. The molecule has 1 unspecified atom stereocenters. The molecule has 6 nitrogen and oxygen atoms in total. The molecule has 0 radical (unpaired) electrons. The molecule has 1 atom stereocenters. The molecule has 0 saturated carbocycles. The van der Waals surface area contributed by atoms with E-state index in [1.807, 2.05) is 73.7 Å². The molecule has 0 bridgehead atoms. The van der Waals surface area contributed by atoms with Crippen molar-refractivity contribution in [2.24, 2.45) is 0 Å². The zero-order valence-electron chi connectivity index (χ0n) is 24.2. The molecule has 2 amide bonds. The molecule has 2 N–H and O–H groups in total. The molecule has 45 heavy (non-hydrogen) atoms. The SMILES string of the molecule is CC(Sc1ccc(NC(=O)/C(=C/c2ccccc2Cl)NC(=O)c2ccccc2)cc1)C(=O)n1c2ccccc2c2ccccc21. The summed E-state index contributed by atoms with van der Waals surface area (Å²) >= 11 is 7.79. The van der Waals surface area contributed by atoms with E-state index in [2.05, 4.69) is 10.6 Å². The minimum Gasteiger partial charge on any atom is -0.321 e. The summed E-state index contributed by atoms with van der Waals surface area (Å²) in [6.45, 7) is 1.90. The maximum absolute atomic E-state index is 13.7. The molecule has 6 rings (SSSR count). The zero-order chi connectivity index (χ0) is 31.3. The fourth-order valence-corrected chi connectivity index (χ4v) is 6.20. The van der Waals surface area contributed by atoms with Crippen molar-refractivity contribution < 1.29 is 14.4 Å². The Balaban J connectivity index is 1.18. The molecular formula is C37H28ClN3O3S. The molecule has 0 aliphatic heterocycles. The summed E-state index contributed by atoms with van der Waals surface area (Å²) < 4.78 is 1.80. The Labute approximate surface area is 269 Å². The highest BCUT2D eigenvalue weighted by molar-refractivity contribution is 8.00. The summed E-state index contributed by atoms with van der Waals surface area (Å²) in [5, 5.41) is 7.75. The van der Waals surface area contributed by atoms with E-state index in [1.165, 1.54) is 11.8 Å². The largest absolute Gasteiger partial charge is 0.321 e. The number of hydrogen-bond donors (Lipinski definition) is 2. The standard InChI is InChI=1S/C37H28ClN3O3S/c1-24(37(44)41-33-17-9-6-14-29(33)30-15-7-10-18-34(30)41)45-28-21-19-27(20-22-28)39-36(43)32(23-26-13-5-8-16-31(26)38)40-35(42)25-11-3-2-4-12-25/h2-24H,1H3,(H,39,43)(H,40,42)/b32-23-. The van der Waals surface area contributed by atoms with Crippen LogP contribution in [0.15, 0.2) is 138 Å². The van der Waals surface area contributed by atoms with Crippen LogP contribution < -0.4 is 10.6 Å². The van der Waals surface area contributed by atoms with Gasteiger partial charge in [0.25, 0.3) is 11.8 Å². The lowest BCUT2D eigenvalue weighted by atomic mass is 10.1. The van der Waals surface area contributed by atoms with Gasteiger partial charge < -0.3 is 10.6 Å². The lowest BCUT2D eigenvalue weighted by Crippen LogP contribution is -2.30. The van der Waals surface area contributed by atoms with E-state index in [0.717, 1.165) is 26.7 Å². The molecule has 5 aromatic carbocycles. The predicted molar refractivity (Wildman–Crippen MR) is 184 cm³/mol. The Kier molecular flexibility index (Phi) is 8.82. The van der Waals surface area contributed by atoms with Crippen LogP contribution >= 0.6 is 23.4 Å². The van der Waals surface area contributed by atoms with E-state index in [0.29, 0.717) is 21.8 Å². The van der Waals surface area contributed by atoms with E-state index < -0.39 is 11.8 Å². The third kappa shape index (κ3) is 6.55. The highest BCUT2D eigenvalue weighted by Gasteiger charge is 2.22. The fraction of sp³-hybridized carbons (Fsp3) is 0.0541. The number of anilines is 1. The molecule has 0 aliphatic rings. The Hall–Kier alpha value is -5.11. The smallest absolute Gasteiger partial charge is 0.272 e. The molecule has 0 aliphatic carbocycles. The van der Waals surface area contributed by atoms with Gasteiger partial charge in [-0.1, -0.05) is 84.4 Å². The van der Waals surface area contributed by atoms with Crippen LogP contribution in [0, 0.1) is 0 Å². The quantitative estimate of drug-likeness (QED) is 0.130. The van der Waals surface area contributed by atoms with Gasteiger partial charge in [-0.3, -0.25) is 19.0 Å². The van der Waals surface area contributed by atoms with Gasteiger partial charge in [0.2, 0.25) is 5.91 Å². The minimum atomic E-state index is -0.505. The van der Waals surface area contributed by atoms with Gasteiger partial charge >= 0.3 is 0 Å². The van der Waals surface area contributed by atoms with Crippen LogP contribution in [0.5, 0.6) is 0 Å². The van der Waals surface area contributed by atoms with Crippen LogP contribution in [0.3, 0.4) is 0 Å². The number of para-hydroxylation sites is 2. The number of fused-ring (bicyclic) bond motifs is 3. The number of halogens is 1. The van der Waals surface area contributed by atoms with Gasteiger partial charge in [-0.05, 0) is 73.2 Å². The topological polar surface area (TPSA) is 80.2 Å². The summed E-state index contributed by atoms with van der Waals surface area (Å²) in [7, 11) is 0. The number of carbonyl (C=O) groups excluding carboxylic acids is 3. The summed E-state index contributed by atoms with van der Waals surface area (Å²) in [6.07, 6.45) is 1.55. The molecule has 222 valence electrons. The van der Waals surface area contributed by atoms with E-state index >= 15 is 0 Å². The van der Waals surface area contributed by atoms with Gasteiger partial charge in [0.1, 0.15) is 5.70 Å². The van der Waals surface area contributed by atoms with Gasteiger partial charge in [0, 0.05) is 31.9 Å². The molecule has 8 heteroatoms. The van der Waals surface area contributed by atoms with Crippen LogP contribution in [0.4, 0.5) is 5.69 Å². The summed E-state index contributed by atoms with van der Waals surface area (Å²) in [5.41, 5.74) is 3.35. The van der Waals surface area contributed by atoms with Crippen molar-refractivity contribution in [3.63, 3.8) is 0 Å². The first-order valence-electron chi connectivity index (χ1n) is 14.3. The van der Waals surface area contributed by atoms with Gasteiger partial charge in [0.05, 0.1) is 16.3 Å². The molecule has 0 saturated heterocycles. The average molecular weight is 630 g/mol. The minimum absolute atomic E-state index is 0.0155. The summed E-state index contributed by atoms with van der Waals surface area (Å²) in [4.78, 5) is 40.9. The first-order chi connectivity index (χ1) is 21.9. The lowest BCUT2D eigenvalue weighted by Gasteiger charge is -2.14. The number of nitrogens with zero attached hydrogens (tertiary/aromatic N) is 1. The van der Waals surface area contributed by atoms with Crippen molar-refractivity contribution in [1.82, 2.24) is 9.88 Å². The Morgan fingerprint density at radius 1 is 0.733 bits per heavy atom. The normalized spacial score (nSPS) is 12.2. The third-order valence-corrected chi connectivity index (χ3v) is 8.75. The van der Waals surface area contributed by atoms with Gasteiger partial charge in [-0.2, -0.15) is 0 Å². The van der Waals surface area contributed by atoms with Gasteiger partial charge in [-0.15, -0.1) is 11.8 Å². The Bertz CT molecular complexity index is 2020. The number of hydrogen-bond acceptors (Lipinski definition) is 4. The maximum atomic E-state index is 13.7. The molecule has 0 fully saturated rings. The van der Waals surface area contributed by atoms with Crippen molar-refractivity contribution in [2.45, 2.75) is 17.1 Å². The monoisotopic (exact) mass is 629 g/mol. The number of nitrogens with one attached hydrogen (secondary N) is 2. The van der Waals surface area contributed by atoms with E-state index in [1.54, 1.807) is 71.3 Å². The highest BCUT2D eigenvalue weighted by atomic mass is 35.5. The average Bonchev–Trinajstić information content (AvgIpc) is 3.40. The van der Waals surface area contributed by atoms with E-state index in [4.69, 9.17) is 11.6 Å². The first-order valence-corrected chi connectivity index (χ1v) is 15.6. The van der Waals surface area contributed by atoms with Crippen LogP contribution in [0.25, 0.3) is 27.9 Å². The van der Waals surface area contributed by atoms with Crippen molar-refractivity contribution in [1.29, 1.82) is 0 Å². The zero-order valence-corrected chi connectivity index (χ0v) is 25.8. The van der Waals surface area contributed by atoms with Crippen LogP contribution in [0.2, 0.25) is 5.02 Å². The first kappa shape index (κ1) is 29.9. The van der Waals surface area contributed by atoms with Crippen LogP contribution in [-0.4, -0.2) is 27.5 Å². The molecule has 6 aromatic rings. The second kappa shape index (κ2) is 13.3. The second-order valence-electron chi connectivity index (χ2n) is 10.3. The molecule has 1 aromatic heterocycles. The van der Waals surface area contributed by atoms with E-state index in [-0.39, 0.29) is 16.9 Å². The molecular weight excluding hydrogens is 602 g/mol.